The lowest BCUT2D eigenvalue weighted by Crippen LogP contribution is -2.42. The summed E-state index contributed by atoms with van der Waals surface area (Å²) in [4.78, 5) is 14.6. The van der Waals surface area contributed by atoms with Crippen LogP contribution in [0.25, 0.3) is 0 Å². The fourth-order valence-electron chi connectivity index (χ4n) is 2.62. The first-order chi connectivity index (χ1) is 10.4. The molecule has 0 bridgehead atoms. The van der Waals surface area contributed by atoms with Crippen LogP contribution in [0.2, 0.25) is 0 Å². The Morgan fingerprint density at radius 1 is 1.23 bits per heavy atom. The lowest BCUT2D eigenvalue weighted by atomic mass is 10.1. The first-order valence-corrected chi connectivity index (χ1v) is 8.14. The van der Waals surface area contributed by atoms with Gasteiger partial charge in [-0.25, -0.2) is 0 Å². The van der Waals surface area contributed by atoms with Crippen LogP contribution in [0.4, 0.5) is 0 Å². The number of carbonyl (C=O) groups excluding carboxylic acids is 1. The van der Waals surface area contributed by atoms with Crippen molar-refractivity contribution < 1.29 is 9.53 Å². The van der Waals surface area contributed by atoms with E-state index in [2.05, 4.69) is 37.9 Å². The van der Waals surface area contributed by atoms with E-state index in [9.17, 15) is 4.79 Å². The summed E-state index contributed by atoms with van der Waals surface area (Å²) < 4.78 is 5.50. The number of aryl methyl sites for hydroxylation is 1. The standard InChI is InChI=1S/C18H30N2O2/c1-7-22-17-9-8-16(12-15(17)6)18(21)19-10-11-20(13(2)3)14(4)5/h8-9,12-14H,7,10-11H2,1-6H3,(H,19,21). The van der Waals surface area contributed by atoms with Crippen LogP contribution in [0.15, 0.2) is 18.2 Å². The summed E-state index contributed by atoms with van der Waals surface area (Å²) in [6, 6.07) is 6.51. The van der Waals surface area contributed by atoms with Crippen molar-refractivity contribution in [3.05, 3.63) is 29.3 Å². The average Bonchev–Trinajstić information content (AvgIpc) is 2.44. The Morgan fingerprint density at radius 3 is 2.36 bits per heavy atom. The summed E-state index contributed by atoms with van der Waals surface area (Å²) in [6.07, 6.45) is 0. The van der Waals surface area contributed by atoms with Crippen molar-refractivity contribution in [2.45, 2.75) is 53.6 Å². The van der Waals surface area contributed by atoms with Gasteiger partial charge in [-0.3, -0.25) is 9.69 Å². The van der Waals surface area contributed by atoms with Crippen molar-refractivity contribution in [2.24, 2.45) is 0 Å². The normalized spacial score (nSPS) is 11.3. The van der Waals surface area contributed by atoms with E-state index in [1.165, 1.54) is 0 Å². The number of nitrogens with one attached hydrogen (secondary N) is 1. The van der Waals surface area contributed by atoms with Crippen molar-refractivity contribution in [3.63, 3.8) is 0 Å². The van der Waals surface area contributed by atoms with Gasteiger partial charge in [0.15, 0.2) is 0 Å². The Hall–Kier alpha value is -1.55. The Bertz CT molecular complexity index is 476. The SMILES string of the molecule is CCOc1ccc(C(=O)NCCN(C(C)C)C(C)C)cc1C. The molecule has 0 heterocycles. The molecular formula is C18H30N2O2. The molecule has 124 valence electrons. The molecule has 4 heteroatoms. The molecule has 0 fully saturated rings. The van der Waals surface area contributed by atoms with E-state index in [0.717, 1.165) is 17.9 Å². The molecule has 1 amide bonds. The van der Waals surface area contributed by atoms with E-state index < -0.39 is 0 Å². The highest BCUT2D eigenvalue weighted by Crippen LogP contribution is 2.19. The zero-order valence-corrected chi connectivity index (χ0v) is 14.8. The Balaban J connectivity index is 2.57. The fraction of sp³-hybridized carbons (Fsp3) is 0.611. The van der Waals surface area contributed by atoms with Gasteiger partial charge in [0, 0.05) is 30.7 Å². The minimum atomic E-state index is -0.0291. The van der Waals surface area contributed by atoms with E-state index in [4.69, 9.17) is 4.74 Å². The second-order valence-corrected chi connectivity index (χ2v) is 6.09. The number of amides is 1. The third-order valence-corrected chi connectivity index (χ3v) is 3.72. The van der Waals surface area contributed by atoms with Crippen LogP contribution in [0, 0.1) is 6.92 Å². The number of nitrogens with zero attached hydrogens (tertiary/aromatic N) is 1. The van der Waals surface area contributed by atoms with E-state index in [-0.39, 0.29) is 5.91 Å². The average molecular weight is 306 g/mol. The van der Waals surface area contributed by atoms with Crippen molar-refractivity contribution in [2.75, 3.05) is 19.7 Å². The number of ether oxygens (including phenoxy) is 1. The molecule has 0 aliphatic carbocycles. The molecule has 0 spiro atoms. The Morgan fingerprint density at radius 2 is 1.86 bits per heavy atom. The van der Waals surface area contributed by atoms with E-state index in [0.29, 0.717) is 30.8 Å². The molecule has 1 N–H and O–H groups in total. The highest BCUT2D eigenvalue weighted by atomic mass is 16.5. The van der Waals surface area contributed by atoms with Crippen LogP contribution in [-0.4, -0.2) is 42.6 Å². The number of benzene rings is 1. The zero-order valence-electron chi connectivity index (χ0n) is 14.8. The third-order valence-electron chi connectivity index (χ3n) is 3.72. The minimum Gasteiger partial charge on any atom is -0.494 e. The van der Waals surface area contributed by atoms with Crippen molar-refractivity contribution >= 4 is 5.91 Å². The summed E-state index contributed by atoms with van der Waals surface area (Å²) in [7, 11) is 0. The van der Waals surface area contributed by atoms with Crippen molar-refractivity contribution in [3.8, 4) is 5.75 Å². The molecule has 0 saturated carbocycles. The molecule has 1 rings (SSSR count). The third kappa shape index (κ3) is 5.34. The molecule has 0 radical (unpaired) electrons. The molecule has 0 aliphatic rings. The predicted molar refractivity (Wildman–Crippen MR) is 91.7 cm³/mol. The maximum Gasteiger partial charge on any atom is 0.251 e. The number of rotatable bonds is 8. The molecular weight excluding hydrogens is 276 g/mol. The number of carbonyl (C=O) groups is 1. The van der Waals surface area contributed by atoms with E-state index in [1.54, 1.807) is 0 Å². The summed E-state index contributed by atoms with van der Waals surface area (Å²) >= 11 is 0. The lowest BCUT2D eigenvalue weighted by molar-refractivity contribution is 0.0939. The minimum absolute atomic E-state index is 0.0291. The predicted octanol–water partition coefficient (Wildman–Crippen LogP) is 3.24. The molecule has 22 heavy (non-hydrogen) atoms. The Kier molecular flexibility index (Phi) is 7.39. The number of hydrogen-bond acceptors (Lipinski definition) is 3. The Labute approximate surface area is 134 Å². The van der Waals surface area contributed by atoms with Gasteiger partial charge in [-0.1, -0.05) is 0 Å². The second-order valence-electron chi connectivity index (χ2n) is 6.09. The zero-order chi connectivity index (χ0) is 16.7. The monoisotopic (exact) mass is 306 g/mol. The highest BCUT2D eigenvalue weighted by molar-refractivity contribution is 5.94. The van der Waals surface area contributed by atoms with Gasteiger partial charge in [-0.2, -0.15) is 0 Å². The van der Waals surface area contributed by atoms with Crippen LogP contribution in [0.1, 0.15) is 50.5 Å². The summed E-state index contributed by atoms with van der Waals surface area (Å²) in [5.74, 6) is 0.809. The molecule has 0 saturated heterocycles. The van der Waals surface area contributed by atoms with Crippen LogP contribution < -0.4 is 10.1 Å². The maximum atomic E-state index is 12.2. The smallest absolute Gasteiger partial charge is 0.251 e. The van der Waals surface area contributed by atoms with Gasteiger partial charge in [-0.05, 0) is 65.3 Å². The molecule has 0 atom stereocenters. The molecule has 1 aromatic carbocycles. The van der Waals surface area contributed by atoms with Gasteiger partial charge in [0.1, 0.15) is 5.75 Å². The van der Waals surface area contributed by atoms with Crippen LogP contribution in [0.3, 0.4) is 0 Å². The quantitative estimate of drug-likeness (QED) is 0.801. The van der Waals surface area contributed by atoms with E-state index >= 15 is 0 Å². The molecule has 0 unspecified atom stereocenters. The first kappa shape index (κ1) is 18.5. The largest absolute Gasteiger partial charge is 0.494 e. The first-order valence-electron chi connectivity index (χ1n) is 8.14. The maximum absolute atomic E-state index is 12.2. The highest BCUT2D eigenvalue weighted by Gasteiger charge is 2.14. The van der Waals surface area contributed by atoms with Gasteiger partial charge in [0.2, 0.25) is 0 Å². The molecule has 1 aromatic rings. The van der Waals surface area contributed by atoms with Gasteiger partial charge in [-0.15, -0.1) is 0 Å². The second kappa shape index (κ2) is 8.79. The van der Waals surface area contributed by atoms with Crippen molar-refractivity contribution in [1.82, 2.24) is 10.2 Å². The molecule has 4 nitrogen and oxygen atoms in total. The summed E-state index contributed by atoms with van der Waals surface area (Å²) in [5.41, 5.74) is 1.67. The summed E-state index contributed by atoms with van der Waals surface area (Å²) in [5, 5.41) is 3.00. The lowest BCUT2D eigenvalue weighted by Gasteiger charge is -2.30. The van der Waals surface area contributed by atoms with Gasteiger partial charge >= 0.3 is 0 Å². The fourth-order valence-corrected chi connectivity index (χ4v) is 2.62. The van der Waals surface area contributed by atoms with Crippen LogP contribution >= 0.6 is 0 Å². The summed E-state index contributed by atoms with van der Waals surface area (Å²) in [6.45, 7) is 14.8. The number of hydrogen-bond donors (Lipinski definition) is 1. The van der Waals surface area contributed by atoms with Gasteiger partial charge < -0.3 is 10.1 Å². The van der Waals surface area contributed by atoms with Crippen LogP contribution in [-0.2, 0) is 0 Å². The van der Waals surface area contributed by atoms with Crippen LogP contribution in [0.5, 0.6) is 5.75 Å². The van der Waals surface area contributed by atoms with Gasteiger partial charge in [0.05, 0.1) is 6.61 Å². The molecule has 0 aromatic heterocycles. The van der Waals surface area contributed by atoms with Crippen molar-refractivity contribution in [1.29, 1.82) is 0 Å². The topological polar surface area (TPSA) is 41.6 Å². The van der Waals surface area contributed by atoms with Gasteiger partial charge in [0.25, 0.3) is 5.91 Å². The van der Waals surface area contributed by atoms with E-state index in [1.807, 2.05) is 32.0 Å². The molecule has 0 aliphatic heterocycles.